The highest BCUT2D eigenvalue weighted by Gasteiger charge is 2.46. The highest BCUT2D eigenvalue weighted by molar-refractivity contribution is 5.87. The maximum atomic E-state index is 12.4. The number of nitrogens with one attached hydrogen (secondary N) is 1. The largest absolute Gasteiger partial charge is 0.479 e. The van der Waals surface area contributed by atoms with Crippen LogP contribution in [0.15, 0.2) is 0 Å². The second-order valence-corrected chi connectivity index (χ2v) is 7.03. The lowest BCUT2D eigenvalue weighted by molar-refractivity contribution is -0.152. The van der Waals surface area contributed by atoms with Gasteiger partial charge < -0.3 is 10.4 Å². The van der Waals surface area contributed by atoms with Crippen LogP contribution >= 0.6 is 0 Å². The molecular formula is C17H29NO3. The van der Waals surface area contributed by atoms with E-state index < -0.39 is 11.5 Å². The first-order chi connectivity index (χ1) is 10.0. The van der Waals surface area contributed by atoms with Gasteiger partial charge >= 0.3 is 5.97 Å². The van der Waals surface area contributed by atoms with Crippen LogP contribution in [-0.2, 0) is 9.59 Å². The van der Waals surface area contributed by atoms with Gasteiger partial charge in [0.25, 0.3) is 0 Å². The predicted octanol–water partition coefficient (Wildman–Crippen LogP) is 3.50. The van der Waals surface area contributed by atoms with Crippen LogP contribution in [0, 0.1) is 11.8 Å². The van der Waals surface area contributed by atoms with Crippen LogP contribution in [0.2, 0.25) is 0 Å². The fourth-order valence-electron chi connectivity index (χ4n) is 4.03. The summed E-state index contributed by atoms with van der Waals surface area (Å²) in [6.07, 6.45) is 11.1. The molecule has 0 aromatic carbocycles. The van der Waals surface area contributed by atoms with Crippen molar-refractivity contribution in [2.24, 2.45) is 11.8 Å². The van der Waals surface area contributed by atoms with Crippen molar-refractivity contribution in [2.75, 3.05) is 0 Å². The molecule has 1 amide bonds. The molecule has 0 aromatic rings. The minimum Gasteiger partial charge on any atom is -0.479 e. The van der Waals surface area contributed by atoms with Crippen LogP contribution in [0.1, 0.15) is 77.6 Å². The van der Waals surface area contributed by atoms with Crippen molar-refractivity contribution >= 4 is 11.9 Å². The molecule has 0 radical (unpaired) electrons. The summed E-state index contributed by atoms with van der Waals surface area (Å²) < 4.78 is 0. The zero-order chi connectivity index (χ0) is 15.3. The van der Waals surface area contributed by atoms with Gasteiger partial charge in [0.2, 0.25) is 5.91 Å². The van der Waals surface area contributed by atoms with Crippen molar-refractivity contribution in [3.8, 4) is 0 Å². The Morgan fingerprint density at radius 3 is 2.24 bits per heavy atom. The summed E-state index contributed by atoms with van der Waals surface area (Å²) in [4.78, 5) is 24.1. The van der Waals surface area contributed by atoms with Crippen molar-refractivity contribution in [1.82, 2.24) is 5.32 Å². The number of amides is 1. The fourth-order valence-corrected chi connectivity index (χ4v) is 4.03. The third-order valence-corrected chi connectivity index (χ3v) is 5.49. The van der Waals surface area contributed by atoms with Crippen molar-refractivity contribution in [2.45, 2.75) is 83.1 Å². The third kappa shape index (κ3) is 3.98. The Balaban J connectivity index is 1.96. The Bertz CT molecular complexity index is 374. The third-order valence-electron chi connectivity index (χ3n) is 5.49. The van der Waals surface area contributed by atoms with Crippen LogP contribution in [0.25, 0.3) is 0 Å². The minimum atomic E-state index is -1.03. The second-order valence-electron chi connectivity index (χ2n) is 7.03. The fraction of sp³-hybridized carbons (Fsp3) is 0.882. The molecule has 0 bridgehead atoms. The van der Waals surface area contributed by atoms with Gasteiger partial charge in [-0.3, -0.25) is 4.79 Å². The van der Waals surface area contributed by atoms with Crippen molar-refractivity contribution in [3.63, 3.8) is 0 Å². The number of hydrogen-bond donors (Lipinski definition) is 2. The predicted molar refractivity (Wildman–Crippen MR) is 82.0 cm³/mol. The van der Waals surface area contributed by atoms with Gasteiger partial charge in [0.05, 0.1) is 0 Å². The van der Waals surface area contributed by atoms with Crippen LogP contribution in [0.3, 0.4) is 0 Å². The van der Waals surface area contributed by atoms with E-state index in [1.54, 1.807) is 0 Å². The number of hydrogen-bond acceptors (Lipinski definition) is 2. The zero-order valence-electron chi connectivity index (χ0n) is 13.2. The molecule has 2 aliphatic rings. The lowest BCUT2D eigenvalue weighted by Crippen LogP contribution is -2.60. The van der Waals surface area contributed by atoms with E-state index in [1.807, 2.05) is 6.92 Å². The van der Waals surface area contributed by atoms with Gasteiger partial charge in [-0.15, -0.1) is 0 Å². The number of carboxylic acid groups (broad SMARTS) is 1. The lowest BCUT2D eigenvalue weighted by atomic mass is 9.73. The van der Waals surface area contributed by atoms with Gasteiger partial charge in [0.1, 0.15) is 5.54 Å². The molecule has 2 rings (SSSR count). The smallest absolute Gasteiger partial charge is 0.329 e. The summed E-state index contributed by atoms with van der Waals surface area (Å²) in [5.74, 6) is -0.457. The standard InChI is InChI=1S/C17H29NO3/c1-13-8-6-7-11-17(13,16(20)21)18-15(19)12-14-9-4-2-3-5-10-14/h13-14H,2-12H2,1H3,(H,18,19)(H,20,21). The number of rotatable bonds is 4. The molecule has 0 heterocycles. The monoisotopic (exact) mass is 295 g/mol. The van der Waals surface area contributed by atoms with Gasteiger partial charge in [-0.05, 0) is 37.5 Å². The molecular weight excluding hydrogens is 266 g/mol. The maximum Gasteiger partial charge on any atom is 0.329 e. The molecule has 21 heavy (non-hydrogen) atoms. The van der Waals surface area contributed by atoms with Gasteiger partial charge in [0, 0.05) is 6.42 Å². The van der Waals surface area contributed by atoms with Crippen molar-refractivity contribution in [1.29, 1.82) is 0 Å². The van der Waals surface area contributed by atoms with E-state index in [0.717, 1.165) is 32.1 Å². The molecule has 4 nitrogen and oxygen atoms in total. The highest BCUT2D eigenvalue weighted by Crippen LogP contribution is 2.34. The average Bonchev–Trinajstić information content (AvgIpc) is 2.69. The molecule has 0 saturated heterocycles. The topological polar surface area (TPSA) is 66.4 Å². The molecule has 120 valence electrons. The lowest BCUT2D eigenvalue weighted by Gasteiger charge is -2.39. The SMILES string of the molecule is CC1CCCCC1(NC(=O)CC1CCCCCC1)C(=O)O. The van der Waals surface area contributed by atoms with E-state index in [-0.39, 0.29) is 11.8 Å². The number of aliphatic carboxylic acids is 1. The molecule has 2 fully saturated rings. The Labute approximate surface area is 127 Å². The summed E-state index contributed by atoms with van der Waals surface area (Å²) in [6, 6.07) is 0. The van der Waals surface area contributed by atoms with E-state index in [4.69, 9.17) is 0 Å². The van der Waals surface area contributed by atoms with Crippen LogP contribution in [0.5, 0.6) is 0 Å². The summed E-state index contributed by atoms with van der Waals surface area (Å²) in [7, 11) is 0. The first-order valence-electron chi connectivity index (χ1n) is 8.59. The first-order valence-corrected chi connectivity index (χ1v) is 8.59. The number of carboxylic acids is 1. The quantitative estimate of drug-likeness (QED) is 0.780. The molecule has 0 aromatic heterocycles. The maximum absolute atomic E-state index is 12.4. The summed E-state index contributed by atoms with van der Waals surface area (Å²) in [5.41, 5.74) is -1.03. The molecule has 2 atom stereocenters. The number of carbonyl (C=O) groups is 2. The van der Waals surface area contributed by atoms with Crippen LogP contribution in [-0.4, -0.2) is 22.5 Å². The molecule has 0 aliphatic heterocycles. The summed E-state index contributed by atoms with van der Waals surface area (Å²) >= 11 is 0. The summed E-state index contributed by atoms with van der Waals surface area (Å²) in [6.45, 7) is 1.96. The van der Waals surface area contributed by atoms with E-state index in [0.29, 0.717) is 18.8 Å². The van der Waals surface area contributed by atoms with E-state index >= 15 is 0 Å². The molecule has 2 saturated carbocycles. The van der Waals surface area contributed by atoms with Gasteiger partial charge in [-0.2, -0.15) is 0 Å². The Morgan fingerprint density at radius 1 is 1.05 bits per heavy atom. The van der Waals surface area contributed by atoms with E-state index in [1.165, 1.54) is 25.7 Å². The molecule has 2 aliphatic carbocycles. The first kappa shape index (κ1) is 16.3. The Kier molecular flexibility index (Phi) is 5.65. The Morgan fingerprint density at radius 2 is 1.67 bits per heavy atom. The van der Waals surface area contributed by atoms with Gasteiger partial charge in [-0.25, -0.2) is 4.79 Å². The average molecular weight is 295 g/mol. The minimum absolute atomic E-state index is 0.0156. The van der Waals surface area contributed by atoms with E-state index in [9.17, 15) is 14.7 Å². The van der Waals surface area contributed by atoms with Gasteiger partial charge in [0.15, 0.2) is 0 Å². The normalized spacial score (nSPS) is 31.4. The van der Waals surface area contributed by atoms with E-state index in [2.05, 4.69) is 5.32 Å². The van der Waals surface area contributed by atoms with Gasteiger partial charge in [-0.1, -0.05) is 45.4 Å². The second kappa shape index (κ2) is 7.28. The molecule has 0 spiro atoms. The Hall–Kier alpha value is -1.06. The number of carbonyl (C=O) groups excluding carboxylic acids is 1. The highest BCUT2D eigenvalue weighted by atomic mass is 16.4. The van der Waals surface area contributed by atoms with Crippen LogP contribution < -0.4 is 5.32 Å². The van der Waals surface area contributed by atoms with Crippen molar-refractivity contribution in [3.05, 3.63) is 0 Å². The van der Waals surface area contributed by atoms with Crippen LogP contribution in [0.4, 0.5) is 0 Å². The molecule has 4 heteroatoms. The summed E-state index contributed by atoms with van der Waals surface area (Å²) in [5, 5.41) is 12.6. The molecule has 2 unspecified atom stereocenters. The molecule has 2 N–H and O–H groups in total. The zero-order valence-corrected chi connectivity index (χ0v) is 13.2. The van der Waals surface area contributed by atoms with Crippen molar-refractivity contribution < 1.29 is 14.7 Å².